The predicted octanol–water partition coefficient (Wildman–Crippen LogP) is 0.713. The van der Waals surface area contributed by atoms with Gasteiger partial charge in [-0.15, -0.1) is 0 Å². The van der Waals surface area contributed by atoms with E-state index in [1.54, 1.807) is 0 Å². The van der Waals surface area contributed by atoms with E-state index in [4.69, 9.17) is 5.11 Å². The first-order valence-electron chi connectivity index (χ1n) is 5.60. The van der Waals surface area contributed by atoms with E-state index in [0.29, 0.717) is 6.07 Å². The monoisotopic (exact) mass is 311 g/mol. The summed E-state index contributed by atoms with van der Waals surface area (Å²) in [6.45, 7) is 1.92. The summed E-state index contributed by atoms with van der Waals surface area (Å²) >= 11 is 0. The van der Waals surface area contributed by atoms with Crippen LogP contribution in [-0.4, -0.2) is 33.7 Å². The van der Waals surface area contributed by atoms with E-state index in [0.717, 1.165) is 19.9 Å². The van der Waals surface area contributed by atoms with Crippen molar-refractivity contribution >= 4 is 29.4 Å². The minimum absolute atomic E-state index is 0.605. The zero-order valence-electron chi connectivity index (χ0n) is 11.3. The number of esters is 2. The van der Waals surface area contributed by atoms with E-state index in [-0.39, 0.29) is 0 Å². The normalized spacial score (nSPS) is 9.73. The van der Waals surface area contributed by atoms with Gasteiger partial charge in [-0.2, -0.15) is 0 Å². The quantitative estimate of drug-likeness (QED) is 0.207. The molecule has 1 N–H and O–H groups in total. The Bertz CT molecular complexity index is 692. The summed E-state index contributed by atoms with van der Waals surface area (Å²) in [5, 5.41) is 19.6. The molecule has 10 nitrogen and oxygen atoms in total. The zero-order valence-corrected chi connectivity index (χ0v) is 11.3. The van der Waals surface area contributed by atoms with E-state index in [1.807, 2.05) is 0 Å². The SMILES string of the molecule is CC(=O)Oc1cc(C(=O)C(=O)O)cc([N+](=O)[O-])c1OC(C)=O. The van der Waals surface area contributed by atoms with Gasteiger partial charge >= 0.3 is 23.6 Å². The maximum Gasteiger partial charge on any atom is 0.377 e. The lowest BCUT2D eigenvalue weighted by atomic mass is 10.1. The van der Waals surface area contributed by atoms with E-state index < -0.39 is 51.4 Å². The molecule has 0 saturated carbocycles. The molecule has 0 unspecified atom stereocenters. The van der Waals surface area contributed by atoms with Gasteiger partial charge in [0.05, 0.1) is 4.92 Å². The van der Waals surface area contributed by atoms with Gasteiger partial charge < -0.3 is 14.6 Å². The highest BCUT2D eigenvalue weighted by molar-refractivity contribution is 6.40. The molecule has 10 heteroatoms. The third kappa shape index (κ3) is 3.85. The summed E-state index contributed by atoms with van der Waals surface area (Å²) in [5.74, 6) is -6.47. The number of carboxylic acid groups (broad SMARTS) is 1. The summed E-state index contributed by atoms with van der Waals surface area (Å²) in [7, 11) is 0. The second-order valence-corrected chi connectivity index (χ2v) is 3.90. The minimum atomic E-state index is -1.86. The van der Waals surface area contributed by atoms with Gasteiger partial charge in [-0.25, -0.2) is 4.79 Å². The molecule has 1 rings (SSSR count). The number of carbonyl (C=O) groups excluding carboxylic acids is 3. The van der Waals surface area contributed by atoms with Crippen LogP contribution in [0.3, 0.4) is 0 Å². The Kier molecular flexibility index (Phi) is 4.90. The highest BCUT2D eigenvalue weighted by Gasteiger charge is 2.28. The molecule has 0 aromatic heterocycles. The average molecular weight is 311 g/mol. The Hall–Kier alpha value is -3.30. The van der Waals surface area contributed by atoms with Crippen molar-refractivity contribution in [2.24, 2.45) is 0 Å². The number of nitrogens with zero attached hydrogens (tertiary/aromatic N) is 1. The molecule has 116 valence electrons. The molecule has 1 aromatic carbocycles. The highest BCUT2D eigenvalue weighted by Crippen LogP contribution is 2.39. The fourth-order valence-electron chi connectivity index (χ4n) is 1.45. The molecule has 0 bridgehead atoms. The molecule has 0 aliphatic rings. The largest absolute Gasteiger partial charge is 0.475 e. The van der Waals surface area contributed by atoms with Crippen molar-refractivity contribution < 1.29 is 38.7 Å². The van der Waals surface area contributed by atoms with Crippen molar-refractivity contribution in [3.63, 3.8) is 0 Å². The Balaban J connectivity index is 3.62. The van der Waals surface area contributed by atoms with Crippen molar-refractivity contribution in [1.82, 2.24) is 0 Å². The number of benzene rings is 1. The molecule has 0 aliphatic heterocycles. The first-order valence-corrected chi connectivity index (χ1v) is 5.60. The standard InChI is InChI=1S/C12H9NO9/c1-5(14)21-9-4-7(10(16)12(17)18)3-8(13(19)20)11(9)22-6(2)15/h3-4H,1-2H3,(H,17,18). The van der Waals surface area contributed by atoms with Crippen LogP contribution in [-0.2, 0) is 14.4 Å². The van der Waals surface area contributed by atoms with Crippen LogP contribution < -0.4 is 9.47 Å². The molecule has 1 aromatic rings. The Morgan fingerprint density at radius 2 is 1.64 bits per heavy atom. The summed E-state index contributed by atoms with van der Waals surface area (Å²) in [5.41, 5.74) is -1.50. The Morgan fingerprint density at radius 3 is 2.05 bits per heavy atom. The van der Waals surface area contributed by atoms with Crippen molar-refractivity contribution in [2.75, 3.05) is 0 Å². The Labute approximate surface area is 122 Å². The molecular weight excluding hydrogens is 302 g/mol. The van der Waals surface area contributed by atoms with Crippen molar-refractivity contribution in [3.05, 3.63) is 27.8 Å². The second kappa shape index (κ2) is 6.43. The van der Waals surface area contributed by atoms with Gasteiger partial charge in [0.25, 0.3) is 11.5 Å². The molecule has 0 amide bonds. The number of carboxylic acids is 1. The topological polar surface area (TPSA) is 150 Å². The molecule has 0 radical (unpaired) electrons. The van der Waals surface area contributed by atoms with Gasteiger partial charge in [0, 0.05) is 25.5 Å². The number of Topliss-reactive ketones (excluding diaryl/α,β-unsaturated/α-hetero) is 1. The lowest BCUT2D eigenvalue weighted by Gasteiger charge is -2.10. The number of rotatable bonds is 5. The third-order valence-electron chi connectivity index (χ3n) is 2.19. The van der Waals surface area contributed by atoms with Gasteiger partial charge in [-0.3, -0.25) is 24.5 Å². The van der Waals surface area contributed by atoms with Gasteiger partial charge in [-0.05, 0) is 6.07 Å². The summed E-state index contributed by atoms with van der Waals surface area (Å²) in [6, 6.07) is 1.38. The number of nitro benzene ring substituents is 1. The number of hydrogen-bond donors (Lipinski definition) is 1. The minimum Gasteiger partial charge on any atom is -0.475 e. The highest BCUT2D eigenvalue weighted by atomic mass is 16.6. The van der Waals surface area contributed by atoms with Crippen LogP contribution in [0.15, 0.2) is 12.1 Å². The summed E-state index contributed by atoms with van der Waals surface area (Å²) in [6.07, 6.45) is 0. The molecule has 22 heavy (non-hydrogen) atoms. The first kappa shape index (κ1) is 16.8. The van der Waals surface area contributed by atoms with E-state index in [1.165, 1.54) is 0 Å². The fraction of sp³-hybridized carbons (Fsp3) is 0.167. The lowest BCUT2D eigenvalue weighted by molar-refractivity contribution is -0.385. The predicted molar refractivity (Wildman–Crippen MR) is 67.7 cm³/mol. The molecule has 0 saturated heterocycles. The van der Waals surface area contributed by atoms with E-state index in [9.17, 15) is 29.3 Å². The van der Waals surface area contributed by atoms with Crippen molar-refractivity contribution in [3.8, 4) is 11.5 Å². The van der Waals surface area contributed by atoms with Crippen LogP contribution in [0, 0.1) is 10.1 Å². The van der Waals surface area contributed by atoms with Crippen LogP contribution in [0.2, 0.25) is 0 Å². The second-order valence-electron chi connectivity index (χ2n) is 3.90. The smallest absolute Gasteiger partial charge is 0.377 e. The molecule has 0 spiro atoms. The van der Waals surface area contributed by atoms with Crippen molar-refractivity contribution in [1.29, 1.82) is 0 Å². The number of hydrogen-bond acceptors (Lipinski definition) is 8. The number of nitro groups is 1. The molecular formula is C12H9NO9. The van der Waals surface area contributed by atoms with Gasteiger partial charge in [0.2, 0.25) is 0 Å². The lowest BCUT2D eigenvalue weighted by Crippen LogP contribution is -2.15. The van der Waals surface area contributed by atoms with Gasteiger partial charge in [-0.1, -0.05) is 0 Å². The Morgan fingerprint density at radius 1 is 1.09 bits per heavy atom. The molecule has 0 heterocycles. The molecule has 0 aliphatic carbocycles. The molecule has 0 atom stereocenters. The van der Waals surface area contributed by atoms with Crippen LogP contribution >= 0.6 is 0 Å². The number of carbonyl (C=O) groups is 4. The maximum absolute atomic E-state index is 11.4. The number of ether oxygens (including phenoxy) is 2. The third-order valence-corrected chi connectivity index (χ3v) is 2.19. The van der Waals surface area contributed by atoms with Crippen molar-refractivity contribution in [2.45, 2.75) is 13.8 Å². The maximum atomic E-state index is 11.4. The first-order chi connectivity index (χ1) is 10.1. The molecule has 0 fully saturated rings. The summed E-state index contributed by atoms with van der Waals surface area (Å²) < 4.78 is 9.26. The number of ketones is 1. The van der Waals surface area contributed by atoms with E-state index >= 15 is 0 Å². The fourth-order valence-corrected chi connectivity index (χ4v) is 1.45. The average Bonchev–Trinajstić information content (AvgIpc) is 2.37. The van der Waals surface area contributed by atoms with Crippen LogP contribution in [0.5, 0.6) is 11.5 Å². The van der Waals surface area contributed by atoms with Gasteiger partial charge in [0.1, 0.15) is 0 Å². The zero-order chi connectivity index (χ0) is 17.0. The van der Waals surface area contributed by atoms with Crippen LogP contribution in [0.25, 0.3) is 0 Å². The van der Waals surface area contributed by atoms with E-state index in [2.05, 4.69) is 9.47 Å². The van der Waals surface area contributed by atoms with Gasteiger partial charge in [0.15, 0.2) is 5.75 Å². The van der Waals surface area contributed by atoms with Crippen LogP contribution in [0.4, 0.5) is 5.69 Å². The van der Waals surface area contributed by atoms with Crippen LogP contribution in [0.1, 0.15) is 24.2 Å². The number of aliphatic carboxylic acids is 1. The summed E-state index contributed by atoms with van der Waals surface area (Å²) in [4.78, 5) is 54.1.